The van der Waals surface area contributed by atoms with E-state index < -0.39 is 0 Å². The molecule has 0 radical (unpaired) electrons. The fourth-order valence-corrected chi connectivity index (χ4v) is 5.29. The summed E-state index contributed by atoms with van der Waals surface area (Å²) in [6, 6.07) is 0.434. The zero-order valence-electron chi connectivity index (χ0n) is 17.6. The highest BCUT2D eigenvalue weighted by Gasteiger charge is 2.27. The summed E-state index contributed by atoms with van der Waals surface area (Å²) < 4.78 is 10.8. The first-order valence-electron chi connectivity index (χ1n) is 10.6. The van der Waals surface area contributed by atoms with E-state index in [1.165, 1.54) is 24.2 Å². The van der Waals surface area contributed by atoms with E-state index in [0.717, 1.165) is 66.7 Å². The maximum atomic E-state index is 12.5. The van der Waals surface area contributed by atoms with Gasteiger partial charge in [-0.05, 0) is 45.6 Å². The summed E-state index contributed by atoms with van der Waals surface area (Å²) in [6.07, 6.45) is 3.59. The Labute approximate surface area is 176 Å². The zero-order chi connectivity index (χ0) is 20.4. The fraction of sp³-hybridized carbons (Fsp3) is 0.667. The van der Waals surface area contributed by atoms with Crippen molar-refractivity contribution < 1.29 is 14.3 Å². The summed E-state index contributed by atoms with van der Waals surface area (Å²) in [5.74, 6) is 1.54. The number of aryl methyl sites for hydroxylation is 1. The number of piperidine rings is 1. The molecule has 2 fully saturated rings. The number of hydrogen-bond acceptors (Lipinski definition) is 8. The van der Waals surface area contributed by atoms with Crippen LogP contribution in [0, 0.1) is 6.92 Å². The van der Waals surface area contributed by atoms with Crippen molar-refractivity contribution in [2.75, 3.05) is 44.4 Å². The van der Waals surface area contributed by atoms with Crippen LogP contribution in [0.5, 0.6) is 0 Å². The average molecular weight is 419 g/mol. The van der Waals surface area contributed by atoms with Crippen molar-refractivity contribution >= 4 is 33.3 Å². The van der Waals surface area contributed by atoms with Crippen LogP contribution in [0.15, 0.2) is 0 Å². The van der Waals surface area contributed by atoms with Gasteiger partial charge in [-0.25, -0.2) is 14.8 Å². The third kappa shape index (κ3) is 4.25. The molecule has 2 saturated heterocycles. The highest BCUT2D eigenvalue weighted by Crippen LogP contribution is 2.38. The Balaban J connectivity index is 1.78. The molecule has 0 N–H and O–H groups in total. The van der Waals surface area contributed by atoms with Gasteiger partial charge in [0.15, 0.2) is 0 Å². The molecule has 0 aromatic carbocycles. The van der Waals surface area contributed by atoms with E-state index in [9.17, 15) is 4.79 Å². The summed E-state index contributed by atoms with van der Waals surface area (Å²) >= 11 is 1.43. The van der Waals surface area contributed by atoms with Crippen LogP contribution in [-0.2, 0) is 16.0 Å². The number of anilines is 1. The van der Waals surface area contributed by atoms with Crippen LogP contribution in [0.3, 0.4) is 0 Å². The smallest absolute Gasteiger partial charge is 0.348 e. The third-order valence-corrected chi connectivity index (χ3v) is 6.99. The highest BCUT2D eigenvalue weighted by molar-refractivity contribution is 7.20. The van der Waals surface area contributed by atoms with E-state index in [-0.39, 0.29) is 5.97 Å². The number of carbonyl (C=O) groups excluding carboxylic acids is 1. The molecular weight excluding hydrogens is 388 g/mol. The lowest BCUT2D eigenvalue weighted by Gasteiger charge is -2.35. The third-order valence-electron chi connectivity index (χ3n) is 5.82. The lowest BCUT2D eigenvalue weighted by molar-refractivity contribution is 0.0331. The maximum absolute atomic E-state index is 12.5. The molecule has 8 heteroatoms. The van der Waals surface area contributed by atoms with Gasteiger partial charge >= 0.3 is 5.97 Å². The Morgan fingerprint density at radius 1 is 1.24 bits per heavy atom. The number of morpholine rings is 1. The van der Waals surface area contributed by atoms with Gasteiger partial charge in [0.2, 0.25) is 0 Å². The molecule has 2 aromatic heterocycles. The molecule has 2 aliphatic rings. The highest BCUT2D eigenvalue weighted by atomic mass is 32.1. The normalized spacial score (nSPS) is 20.9. The fourth-order valence-electron chi connectivity index (χ4n) is 4.20. The Morgan fingerprint density at radius 3 is 2.76 bits per heavy atom. The van der Waals surface area contributed by atoms with Gasteiger partial charge in [-0.2, -0.15) is 0 Å². The first-order valence-corrected chi connectivity index (χ1v) is 11.4. The number of nitrogens with zero attached hydrogens (tertiary/aromatic N) is 4. The monoisotopic (exact) mass is 418 g/mol. The minimum atomic E-state index is -0.264. The minimum absolute atomic E-state index is 0.264. The van der Waals surface area contributed by atoms with E-state index >= 15 is 0 Å². The van der Waals surface area contributed by atoms with Crippen molar-refractivity contribution in [1.82, 2.24) is 14.9 Å². The number of thiophene rings is 1. The average Bonchev–Trinajstić information content (AvgIpc) is 3.05. The Hall–Kier alpha value is -1.77. The van der Waals surface area contributed by atoms with Gasteiger partial charge in [-0.3, -0.25) is 4.90 Å². The van der Waals surface area contributed by atoms with E-state index in [0.29, 0.717) is 24.1 Å². The quantitative estimate of drug-likeness (QED) is 0.690. The molecule has 7 nitrogen and oxygen atoms in total. The number of esters is 1. The van der Waals surface area contributed by atoms with Crippen LogP contribution in [0.1, 0.15) is 54.2 Å². The van der Waals surface area contributed by atoms with Crippen molar-refractivity contribution in [3.05, 3.63) is 16.3 Å². The van der Waals surface area contributed by atoms with Crippen LogP contribution in [0.25, 0.3) is 10.2 Å². The van der Waals surface area contributed by atoms with Crippen LogP contribution in [0.2, 0.25) is 0 Å². The topological polar surface area (TPSA) is 67.8 Å². The lowest BCUT2D eigenvalue weighted by Crippen LogP contribution is -2.39. The molecule has 2 aliphatic heterocycles. The molecule has 29 heavy (non-hydrogen) atoms. The number of ether oxygens (including phenoxy) is 2. The number of aromatic nitrogens is 2. The predicted molar refractivity (Wildman–Crippen MR) is 115 cm³/mol. The molecule has 0 unspecified atom stereocenters. The Bertz CT molecular complexity index is 878. The second-order valence-electron chi connectivity index (χ2n) is 7.85. The van der Waals surface area contributed by atoms with Crippen LogP contribution < -0.4 is 4.90 Å². The Morgan fingerprint density at radius 2 is 2.03 bits per heavy atom. The summed E-state index contributed by atoms with van der Waals surface area (Å²) in [6.45, 7) is 11.5. The summed E-state index contributed by atoms with van der Waals surface area (Å²) in [4.78, 5) is 28.7. The first kappa shape index (κ1) is 20.5. The van der Waals surface area contributed by atoms with Gasteiger partial charge in [-0.1, -0.05) is 0 Å². The molecule has 4 rings (SSSR count). The number of rotatable bonds is 5. The lowest BCUT2D eigenvalue weighted by atomic mass is 10.0. The van der Waals surface area contributed by atoms with Gasteiger partial charge in [0.1, 0.15) is 21.3 Å². The molecule has 0 spiro atoms. The number of hydrogen-bond donors (Lipinski definition) is 0. The molecule has 4 heterocycles. The van der Waals surface area contributed by atoms with E-state index in [1.54, 1.807) is 0 Å². The second-order valence-corrected chi connectivity index (χ2v) is 8.85. The molecule has 0 aliphatic carbocycles. The maximum Gasteiger partial charge on any atom is 0.348 e. The van der Waals surface area contributed by atoms with Crippen LogP contribution in [0.4, 0.5) is 5.82 Å². The molecular formula is C21H30N4O3S. The predicted octanol–water partition coefficient (Wildman–Crippen LogP) is 3.39. The van der Waals surface area contributed by atoms with Crippen molar-refractivity contribution in [2.45, 2.75) is 52.6 Å². The number of fused-ring (bicyclic) bond motifs is 1. The number of carbonyl (C=O) groups is 1. The molecule has 158 valence electrons. The second kappa shape index (κ2) is 8.93. The van der Waals surface area contributed by atoms with Crippen LogP contribution in [-0.4, -0.2) is 66.3 Å². The SMILES string of the molecule is CCOC(=O)c1sc2nc(CN3CCOCC3)nc(N3CCCC[C@@H]3C)c2c1C. The van der Waals surface area contributed by atoms with E-state index in [1.807, 2.05) is 13.8 Å². The van der Waals surface area contributed by atoms with Gasteiger partial charge in [0, 0.05) is 25.7 Å². The molecule has 0 amide bonds. The molecule has 0 bridgehead atoms. The van der Waals surface area contributed by atoms with Gasteiger partial charge in [0.05, 0.1) is 31.8 Å². The zero-order valence-corrected chi connectivity index (χ0v) is 18.4. The van der Waals surface area contributed by atoms with Gasteiger partial charge in [0.25, 0.3) is 0 Å². The summed E-state index contributed by atoms with van der Waals surface area (Å²) in [5.41, 5.74) is 0.939. The summed E-state index contributed by atoms with van der Waals surface area (Å²) in [5, 5.41) is 1.01. The van der Waals surface area contributed by atoms with E-state index in [2.05, 4.69) is 16.7 Å². The van der Waals surface area contributed by atoms with Gasteiger partial charge < -0.3 is 14.4 Å². The van der Waals surface area contributed by atoms with E-state index in [4.69, 9.17) is 19.4 Å². The van der Waals surface area contributed by atoms with Gasteiger partial charge in [-0.15, -0.1) is 11.3 Å². The van der Waals surface area contributed by atoms with Crippen molar-refractivity contribution in [2.24, 2.45) is 0 Å². The van der Waals surface area contributed by atoms with Crippen molar-refractivity contribution in [3.8, 4) is 0 Å². The summed E-state index contributed by atoms with van der Waals surface area (Å²) in [7, 11) is 0. The van der Waals surface area contributed by atoms with Crippen molar-refractivity contribution in [3.63, 3.8) is 0 Å². The first-order chi connectivity index (χ1) is 14.1. The molecule has 0 saturated carbocycles. The standard InChI is InChI=1S/C21H30N4O3S/c1-4-28-21(26)18-15(3)17-19(25-8-6-5-7-14(25)2)22-16(23-20(17)29-18)13-24-9-11-27-12-10-24/h14H,4-13H2,1-3H3/t14-/m0/s1. The minimum Gasteiger partial charge on any atom is -0.462 e. The molecule has 2 aromatic rings. The van der Waals surface area contributed by atoms with Crippen LogP contribution >= 0.6 is 11.3 Å². The molecule has 1 atom stereocenters. The Kier molecular flexibility index (Phi) is 6.32. The van der Waals surface area contributed by atoms with Crippen molar-refractivity contribution in [1.29, 1.82) is 0 Å². The largest absolute Gasteiger partial charge is 0.462 e.